The molecule has 2 rings (SSSR count). The molecule has 0 saturated heterocycles. The lowest BCUT2D eigenvalue weighted by atomic mass is 10.1. The lowest BCUT2D eigenvalue weighted by Gasteiger charge is -2.25. The van der Waals surface area contributed by atoms with Crippen molar-refractivity contribution in [2.75, 3.05) is 13.1 Å². The third-order valence-electron chi connectivity index (χ3n) is 3.74. The van der Waals surface area contributed by atoms with Gasteiger partial charge in [0.15, 0.2) is 5.11 Å². The molecule has 0 atom stereocenters. The summed E-state index contributed by atoms with van der Waals surface area (Å²) in [5.41, 5.74) is 6.91. The number of carbonyl (C=O) groups is 2. The maximum absolute atomic E-state index is 12.4. The van der Waals surface area contributed by atoms with Crippen molar-refractivity contribution in [2.24, 2.45) is 5.73 Å². The van der Waals surface area contributed by atoms with Gasteiger partial charge < -0.3 is 10.6 Å². The van der Waals surface area contributed by atoms with E-state index in [4.69, 9.17) is 18.0 Å². The van der Waals surface area contributed by atoms with Gasteiger partial charge in [0.2, 0.25) is 5.91 Å². The zero-order valence-electron chi connectivity index (χ0n) is 14.2. The molecule has 0 fully saturated rings. The lowest BCUT2D eigenvalue weighted by molar-refractivity contribution is -0.118. The molecule has 0 aliphatic carbocycles. The van der Waals surface area contributed by atoms with Crippen molar-refractivity contribution in [3.05, 3.63) is 70.2 Å². The predicted molar refractivity (Wildman–Crippen MR) is 110 cm³/mol. The predicted octanol–water partition coefficient (Wildman–Crippen LogP) is 2.88. The summed E-state index contributed by atoms with van der Waals surface area (Å²) in [6.07, 6.45) is 0.911. The molecule has 2 aromatic rings. The van der Waals surface area contributed by atoms with Crippen LogP contribution in [-0.2, 0) is 11.2 Å². The number of hydrogen-bond donors (Lipinski definition) is 2. The molecule has 0 radical (unpaired) electrons. The first-order valence-electron chi connectivity index (χ1n) is 8.14. The Hall–Kier alpha value is -2.25. The van der Waals surface area contributed by atoms with Crippen LogP contribution in [0.5, 0.6) is 0 Å². The molecule has 3 N–H and O–H groups in total. The maximum Gasteiger partial charge on any atom is 0.257 e. The summed E-state index contributed by atoms with van der Waals surface area (Å²) in [5.74, 6) is -0.698. The number of amides is 2. The largest absolute Gasteiger partial charge is 0.370 e. The highest BCUT2D eigenvalue weighted by Gasteiger charge is 2.15. The summed E-state index contributed by atoms with van der Waals surface area (Å²) < 4.78 is 0.811. The Bertz CT molecular complexity index is 783. The van der Waals surface area contributed by atoms with E-state index in [9.17, 15) is 9.59 Å². The SMILES string of the molecule is NC(=O)CCN(CCc1ccccc1)C(=S)NC(=O)c1cccc(Br)c1. The summed E-state index contributed by atoms with van der Waals surface area (Å²) in [4.78, 5) is 25.3. The van der Waals surface area contributed by atoms with Crippen molar-refractivity contribution in [3.8, 4) is 0 Å². The van der Waals surface area contributed by atoms with Crippen molar-refractivity contribution in [3.63, 3.8) is 0 Å². The molecular weight excluding hydrogens is 414 g/mol. The van der Waals surface area contributed by atoms with Gasteiger partial charge in [-0.2, -0.15) is 0 Å². The van der Waals surface area contributed by atoms with Gasteiger partial charge in [-0.1, -0.05) is 52.3 Å². The normalized spacial score (nSPS) is 10.2. The van der Waals surface area contributed by atoms with Crippen LogP contribution in [0.1, 0.15) is 22.3 Å². The minimum absolute atomic E-state index is 0.168. The van der Waals surface area contributed by atoms with Crippen LogP contribution in [0.2, 0.25) is 0 Å². The topological polar surface area (TPSA) is 75.4 Å². The number of carbonyl (C=O) groups excluding carboxylic acids is 2. The summed E-state index contributed by atoms with van der Waals surface area (Å²) >= 11 is 8.72. The van der Waals surface area contributed by atoms with E-state index in [0.717, 1.165) is 16.5 Å². The quantitative estimate of drug-likeness (QED) is 0.658. The van der Waals surface area contributed by atoms with E-state index in [2.05, 4.69) is 21.2 Å². The number of benzene rings is 2. The Morgan fingerprint density at radius 3 is 2.46 bits per heavy atom. The Balaban J connectivity index is 2.01. The molecule has 0 aliphatic rings. The van der Waals surface area contributed by atoms with Crippen molar-refractivity contribution in [1.82, 2.24) is 10.2 Å². The standard InChI is InChI=1S/C19H20BrN3O2S/c20-16-8-4-7-15(13-16)18(25)22-19(26)23(12-10-17(21)24)11-9-14-5-2-1-3-6-14/h1-8,13H,9-12H2,(H2,21,24)(H,22,25,26). The second-order valence-corrected chi connectivity index (χ2v) is 7.01. The van der Waals surface area contributed by atoms with E-state index in [1.807, 2.05) is 36.4 Å². The summed E-state index contributed by atoms with van der Waals surface area (Å²) in [7, 11) is 0. The van der Waals surface area contributed by atoms with E-state index >= 15 is 0 Å². The van der Waals surface area contributed by atoms with Crippen molar-refractivity contribution >= 4 is 45.1 Å². The molecule has 0 heterocycles. The molecule has 0 bridgehead atoms. The van der Waals surface area contributed by atoms with Crippen LogP contribution in [0.15, 0.2) is 59.1 Å². The summed E-state index contributed by atoms with van der Waals surface area (Å²) in [6, 6.07) is 17.0. The number of nitrogens with one attached hydrogen (secondary N) is 1. The zero-order chi connectivity index (χ0) is 18.9. The molecule has 26 heavy (non-hydrogen) atoms. The second kappa shape index (κ2) is 10.0. The molecule has 0 aliphatic heterocycles. The molecule has 2 amide bonds. The first-order chi connectivity index (χ1) is 12.5. The fourth-order valence-electron chi connectivity index (χ4n) is 2.35. The van der Waals surface area contributed by atoms with E-state index in [-0.39, 0.29) is 17.4 Å². The highest BCUT2D eigenvalue weighted by Crippen LogP contribution is 2.11. The van der Waals surface area contributed by atoms with E-state index in [0.29, 0.717) is 18.7 Å². The average Bonchev–Trinajstić information content (AvgIpc) is 2.62. The number of primary amides is 1. The number of nitrogens with two attached hydrogens (primary N) is 1. The van der Waals surface area contributed by atoms with Crippen LogP contribution < -0.4 is 11.1 Å². The van der Waals surface area contributed by atoms with Gasteiger partial charge in [0, 0.05) is 29.5 Å². The van der Waals surface area contributed by atoms with E-state index < -0.39 is 5.91 Å². The van der Waals surface area contributed by atoms with Gasteiger partial charge >= 0.3 is 0 Å². The van der Waals surface area contributed by atoms with Crippen LogP contribution >= 0.6 is 28.1 Å². The second-order valence-electron chi connectivity index (χ2n) is 5.71. The van der Waals surface area contributed by atoms with E-state index in [1.54, 1.807) is 23.1 Å². The molecule has 136 valence electrons. The molecule has 5 nitrogen and oxygen atoms in total. The van der Waals surface area contributed by atoms with Crippen molar-refractivity contribution in [2.45, 2.75) is 12.8 Å². The maximum atomic E-state index is 12.4. The highest BCUT2D eigenvalue weighted by molar-refractivity contribution is 9.10. The monoisotopic (exact) mass is 433 g/mol. The number of rotatable bonds is 7. The van der Waals surface area contributed by atoms with Crippen molar-refractivity contribution < 1.29 is 9.59 Å². The molecule has 0 unspecified atom stereocenters. The van der Waals surface area contributed by atoms with Gasteiger partial charge in [0.1, 0.15) is 0 Å². The first kappa shape index (κ1) is 20.1. The first-order valence-corrected chi connectivity index (χ1v) is 9.34. The van der Waals surface area contributed by atoms with Gasteiger partial charge in [-0.05, 0) is 42.4 Å². The highest BCUT2D eigenvalue weighted by atomic mass is 79.9. The molecular formula is C19H20BrN3O2S. The average molecular weight is 434 g/mol. The Kier molecular flexibility index (Phi) is 7.74. The van der Waals surface area contributed by atoms with Crippen LogP contribution in [-0.4, -0.2) is 34.9 Å². The Labute approximate surface area is 166 Å². The van der Waals surface area contributed by atoms with Crippen molar-refractivity contribution in [1.29, 1.82) is 0 Å². The number of nitrogens with zero attached hydrogens (tertiary/aromatic N) is 1. The molecule has 2 aromatic carbocycles. The fourth-order valence-corrected chi connectivity index (χ4v) is 3.02. The third-order valence-corrected chi connectivity index (χ3v) is 4.59. The molecule has 0 saturated carbocycles. The minimum atomic E-state index is -0.407. The molecule has 7 heteroatoms. The van der Waals surface area contributed by atoms with Gasteiger partial charge in [0.25, 0.3) is 5.91 Å². The zero-order valence-corrected chi connectivity index (χ0v) is 16.6. The van der Waals surface area contributed by atoms with Gasteiger partial charge in [-0.3, -0.25) is 14.9 Å². The minimum Gasteiger partial charge on any atom is -0.370 e. The number of halogens is 1. The van der Waals surface area contributed by atoms with Gasteiger partial charge in [-0.15, -0.1) is 0 Å². The van der Waals surface area contributed by atoms with Gasteiger partial charge in [-0.25, -0.2) is 0 Å². The summed E-state index contributed by atoms with van der Waals surface area (Å²) in [5, 5.41) is 3.01. The molecule has 0 spiro atoms. The van der Waals surface area contributed by atoms with Crippen LogP contribution in [0.25, 0.3) is 0 Å². The van der Waals surface area contributed by atoms with E-state index in [1.165, 1.54) is 0 Å². The lowest BCUT2D eigenvalue weighted by Crippen LogP contribution is -2.44. The Morgan fingerprint density at radius 1 is 1.08 bits per heavy atom. The van der Waals surface area contributed by atoms with Crippen LogP contribution in [0.3, 0.4) is 0 Å². The number of thiocarbonyl (C=S) groups is 1. The summed E-state index contributed by atoms with van der Waals surface area (Å²) in [6.45, 7) is 0.939. The molecule has 0 aromatic heterocycles. The van der Waals surface area contributed by atoms with Crippen LogP contribution in [0, 0.1) is 0 Å². The third kappa shape index (κ3) is 6.57. The smallest absolute Gasteiger partial charge is 0.257 e. The van der Waals surface area contributed by atoms with Gasteiger partial charge in [0.05, 0.1) is 0 Å². The van der Waals surface area contributed by atoms with Crippen LogP contribution in [0.4, 0.5) is 0 Å². The fraction of sp³-hybridized carbons (Fsp3) is 0.211. The Morgan fingerprint density at radius 2 is 1.81 bits per heavy atom. The number of hydrogen-bond acceptors (Lipinski definition) is 3.